The molecule has 4 heteroatoms. The number of aliphatic imine (C=N–C) groups is 1. The van der Waals surface area contributed by atoms with E-state index >= 15 is 0 Å². The number of nitrogens with zero attached hydrogens (tertiary/aromatic N) is 2. The van der Waals surface area contributed by atoms with Crippen LogP contribution in [0.4, 0.5) is 0 Å². The first kappa shape index (κ1) is 13.2. The van der Waals surface area contributed by atoms with Crippen molar-refractivity contribution in [2.45, 2.75) is 20.4 Å². The SMILES string of the molecule is CN(Cc1cccc(Cl)c1)C1=NCC(C)(C)CN1. The van der Waals surface area contributed by atoms with Crippen molar-refractivity contribution in [2.24, 2.45) is 10.4 Å². The molecule has 0 radical (unpaired) electrons. The third-order valence-corrected chi connectivity index (χ3v) is 3.29. The number of hydrogen-bond donors (Lipinski definition) is 1. The Morgan fingerprint density at radius 1 is 1.44 bits per heavy atom. The van der Waals surface area contributed by atoms with E-state index in [4.69, 9.17) is 11.6 Å². The zero-order valence-electron chi connectivity index (χ0n) is 11.2. The van der Waals surface area contributed by atoms with E-state index in [1.54, 1.807) is 0 Å². The molecule has 0 atom stereocenters. The molecule has 0 amide bonds. The quantitative estimate of drug-likeness (QED) is 0.891. The summed E-state index contributed by atoms with van der Waals surface area (Å²) in [5.41, 5.74) is 1.44. The largest absolute Gasteiger partial charge is 0.356 e. The number of hydrogen-bond acceptors (Lipinski definition) is 3. The number of nitrogens with one attached hydrogen (secondary N) is 1. The van der Waals surface area contributed by atoms with Crippen LogP contribution in [-0.2, 0) is 6.54 Å². The van der Waals surface area contributed by atoms with Gasteiger partial charge in [0.2, 0.25) is 0 Å². The third kappa shape index (κ3) is 3.39. The van der Waals surface area contributed by atoms with E-state index in [1.807, 2.05) is 25.2 Å². The number of guanidine groups is 1. The fraction of sp³-hybridized carbons (Fsp3) is 0.500. The summed E-state index contributed by atoms with van der Waals surface area (Å²) in [6.07, 6.45) is 0. The van der Waals surface area contributed by atoms with Crippen molar-refractivity contribution >= 4 is 17.6 Å². The van der Waals surface area contributed by atoms with Gasteiger partial charge in [0, 0.05) is 37.1 Å². The topological polar surface area (TPSA) is 27.6 Å². The van der Waals surface area contributed by atoms with Crippen LogP contribution in [0.2, 0.25) is 5.02 Å². The van der Waals surface area contributed by atoms with E-state index in [1.165, 1.54) is 5.56 Å². The van der Waals surface area contributed by atoms with Crippen LogP contribution in [0.3, 0.4) is 0 Å². The molecule has 3 nitrogen and oxygen atoms in total. The zero-order chi connectivity index (χ0) is 13.2. The van der Waals surface area contributed by atoms with Crippen molar-refractivity contribution in [3.8, 4) is 0 Å². The van der Waals surface area contributed by atoms with Crippen LogP contribution in [0, 0.1) is 5.41 Å². The number of halogens is 1. The van der Waals surface area contributed by atoms with Crippen molar-refractivity contribution in [1.29, 1.82) is 0 Å². The standard InChI is InChI=1S/C14H20ClN3/c1-14(2)9-16-13(17-10-14)18(3)8-11-5-4-6-12(15)7-11/h4-7H,8-10H2,1-3H3,(H,16,17). The Labute approximate surface area is 114 Å². The zero-order valence-corrected chi connectivity index (χ0v) is 12.0. The fourth-order valence-electron chi connectivity index (χ4n) is 1.96. The summed E-state index contributed by atoms with van der Waals surface area (Å²) < 4.78 is 0. The van der Waals surface area contributed by atoms with Gasteiger partial charge in [0.25, 0.3) is 0 Å². The molecular weight excluding hydrogens is 246 g/mol. The molecule has 1 aromatic carbocycles. The van der Waals surface area contributed by atoms with Crippen molar-refractivity contribution in [3.63, 3.8) is 0 Å². The van der Waals surface area contributed by atoms with Gasteiger partial charge in [-0.05, 0) is 17.7 Å². The first-order chi connectivity index (χ1) is 8.46. The fourth-order valence-corrected chi connectivity index (χ4v) is 2.17. The van der Waals surface area contributed by atoms with Crippen LogP contribution in [0.1, 0.15) is 19.4 Å². The summed E-state index contributed by atoms with van der Waals surface area (Å²) in [5, 5.41) is 4.17. The Morgan fingerprint density at radius 3 is 2.83 bits per heavy atom. The number of rotatable bonds is 2. The summed E-state index contributed by atoms with van der Waals surface area (Å²) in [7, 11) is 2.05. The average molecular weight is 266 g/mol. The Morgan fingerprint density at radius 2 is 2.22 bits per heavy atom. The molecule has 1 aliphatic heterocycles. The molecule has 0 saturated carbocycles. The highest BCUT2D eigenvalue weighted by molar-refractivity contribution is 6.30. The Hall–Kier alpha value is -1.22. The van der Waals surface area contributed by atoms with Gasteiger partial charge >= 0.3 is 0 Å². The molecule has 0 saturated heterocycles. The van der Waals surface area contributed by atoms with Gasteiger partial charge in [-0.2, -0.15) is 0 Å². The van der Waals surface area contributed by atoms with E-state index in [0.717, 1.165) is 30.6 Å². The smallest absolute Gasteiger partial charge is 0.194 e. The molecule has 98 valence electrons. The molecule has 0 bridgehead atoms. The lowest BCUT2D eigenvalue weighted by Crippen LogP contribution is -2.47. The lowest BCUT2D eigenvalue weighted by molar-refractivity contribution is 0.338. The minimum atomic E-state index is 0.250. The molecular formula is C14H20ClN3. The normalized spacial score (nSPS) is 17.9. The maximum absolute atomic E-state index is 5.99. The van der Waals surface area contributed by atoms with Crippen LogP contribution >= 0.6 is 11.6 Å². The highest BCUT2D eigenvalue weighted by Crippen LogP contribution is 2.18. The monoisotopic (exact) mass is 265 g/mol. The average Bonchev–Trinajstić information content (AvgIpc) is 2.28. The summed E-state index contributed by atoms with van der Waals surface area (Å²) in [6, 6.07) is 7.94. The summed E-state index contributed by atoms with van der Waals surface area (Å²) in [6.45, 7) is 7.09. The Bertz CT molecular complexity index is 454. The minimum Gasteiger partial charge on any atom is -0.356 e. The second kappa shape index (κ2) is 5.19. The van der Waals surface area contributed by atoms with Crippen LogP contribution in [0.25, 0.3) is 0 Å². The lowest BCUT2D eigenvalue weighted by atomic mass is 9.93. The van der Waals surface area contributed by atoms with Gasteiger partial charge in [-0.1, -0.05) is 37.6 Å². The first-order valence-corrected chi connectivity index (χ1v) is 6.58. The van der Waals surface area contributed by atoms with Gasteiger partial charge < -0.3 is 10.2 Å². The molecule has 0 spiro atoms. The van der Waals surface area contributed by atoms with Gasteiger partial charge in [-0.25, -0.2) is 0 Å². The predicted octanol–water partition coefficient (Wildman–Crippen LogP) is 2.76. The van der Waals surface area contributed by atoms with Crippen LogP contribution in [0.5, 0.6) is 0 Å². The number of benzene rings is 1. The van der Waals surface area contributed by atoms with Crippen molar-refractivity contribution < 1.29 is 0 Å². The molecule has 0 unspecified atom stereocenters. The van der Waals surface area contributed by atoms with Gasteiger partial charge in [-0.15, -0.1) is 0 Å². The maximum atomic E-state index is 5.99. The minimum absolute atomic E-state index is 0.250. The van der Waals surface area contributed by atoms with E-state index in [0.29, 0.717) is 0 Å². The molecule has 0 aliphatic carbocycles. The van der Waals surface area contributed by atoms with E-state index in [9.17, 15) is 0 Å². The molecule has 2 rings (SSSR count). The Kier molecular flexibility index (Phi) is 3.81. The van der Waals surface area contributed by atoms with Gasteiger partial charge in [-0.3, -0.25) is 4.99 Å². The lowest BCUT2D eigenvalue weighted by Gasteiger charge is -2.33. The summed E-state index contributed by atoms with van der Waals surface area (Å²) in [4.78, 5) is 6.73. The van der Waals surface area contributed by atoms with Crippen LogP contribution in [0.15, 0.2) is 29.3 Å². The molecule has 1 N–H and O–H groups in total. The third-order valence-electron chi connectivity index (χ3n) is 3.05. The summed E-state index contributed by atoms with van der Waals surface area (Å²) in [5.74, 6) is 0.967. The molecule has 0 fully saturated rings. The van der Waals surface area contributed by atoms with Crippen LogP contribution in [-0.4, -0.2) is 31.0 Å². The van der Waals surface area contributed by atoms with Gasteiger partial charge in [0.15, 0.2) is 5.96 Å². The predicted molar refractivity (Wildman–Crippen MR) is 77.0 cm³/mol. The molecule has 1 aliphatic rings. The first-order valence-electron chi connectivity index (χ1n) is 6.20. The van der Waals surface area contributed by atoms with Crippen molar-refractivity contribution in [3.05, 3.63) is 34.9 Å². The summed E-state index contributed by atoms with van der Waals surface area (Å²) >= 11 is 5.99. The second-order valence-corrected chi connectivity index (χ2v) is 6.08. The van der Waals surface area contributed by atoms with Crippen molar-refractivity contribution in [1.82, 2.24) is 10.2 Å². The Balaban J connectivity index is 2.01. The highest BCUT2D eigenvalue weighted by atomic mass is 35.5. The second-order valence-electron chi connectivity index (χ2n) is 5.64. The highest BCUT2D eigenvalue weighted by Gasteiger charge is 2.23. The van der Waals surface area contributed by atoms with Gasteiger partial charge in [0.1, 0.15) is 0 Å². The maximum Gasteiger partial charge on any atom is 0.194 e. The molecule has 0 aromatic heterocycles. The van der Waals surface area contributed by atoms with E-state index in [-0.39, 0.29) is 5.41 Å². The molecule has 1 heterocycles. The molecule has 18 heavy (non-hydrogen) atoms. The van der Waals surface area contributed by atoms with E-state index < -0.39 is 0 Å². The van der Waals surface area contributed by atoms with Crippen LogP contribution < -0.4 is 5.32 Å². The molecule has 1 aromatic rings. The van der Waals surface area contributed by atoms with E-state index in [2.05, 4.69) is 35.1 Å². The van der Waals surface area contributed by atoms with Gasteiger partial charge in [0.05, 0.1) is 0 Å². The van der Waals surface area contributed by atoms with Crippen molar-refractivity contribution in [2.75, 3.05) is 20.1 Å².